The molecule has 1 aliphatic rings. The number of ether oxygens (including phenoxy) is 1. The predicted octanol–water partition coefficient (Wildman–Crippen LogP) is 0.776. The first kappa shape index (κ1) is 51.9. The molecule has 29 heteroatoms. The Balaban J connectivity index is 1.42. The van der Waals surface area contributed by atoms with Gasteiger partial charge in [-0.2, -0.15) is 4.31 Å². The monoisotopic (exact) mass is 937 g/mol. The van der Waals surface area contributed by atoms with Crippen molar-refractivity contribution in [3.63, 3.8) is 0 Å². The molecule has 1 aliphatic heterocycles. The summed E-state index contributed by atoms with van der Waals surface area (Å²) in [6, 6.07) is 0. The number of imidazole rings is 1. The quantitative estimate of drug-likeness (QED) is 0.0437. The number of aliphatic hydroxyl groups is 3. The Hall–Kier alpha value is -2.48. The van der Waals surface area contributed by atoms with Crippen LogP contribution < -0.4 is 16.4 Å². The summed E-state index contributed by atoms with van der Waals surface area (Å²) >= 11 is 0.986. The number of thioether (sulfide) groups is 1. The predicted molar refractivity (Wildman–Crippen MR) is 211 cm³/mol. The van der Waals surface area contributed by atoms with Gasteiger partial charge in [-0.3, -0.25) is 32.5 Å². The van der Waals surface area contributed by atoms with Gasteiger partial charge in [0.05, 0.1) is 25.6 Å². The zero-order valence-corrected chi connectivity index (χ0v) is 36.5. The van der Waals surface area contributed by atoms with Gasteiger partial charge in [0.1, 0.15) is 36.3 Å². The molecule has 0 aliphatic carbocycles. The van der Waals surface area contributed by atoms with Crippen molar-refractivity contribution < 1.29 is 85.6 Å². The average Bonchev–Trinajstić information content (AvgIpc) is 3.71. The third kappa shape index (κ3) is 17.0. The highest BCUT2D eigenvalue weighted by atomic mass is 32.2. The summed E-state index contributed by atoms with van der Waals surface area (Å²) in [6.45, 7) is 2.50. The van der Waals surface area contributed by atoms with Gasteiger partial charge in [-0.15, -0.1) is 0 Å². The van der Waals surface area contributed by atoms with E-state index in [1.807, 2.05) is 0 Å². The number of anilines is 1. The summed E-state index contributed by atoms with van der Waals surface area (Å²) in [5, 5.41) is 36.3. The maximum atomic E-state index is 12.7. The molecule has 0 aromatic carbocycles. The number of nitrogen functional groups attached to an aromatic ring is 1. The van der Waals surface area contributed by atoms with Crippen molar-refractivity contribution in [2.45, 2.75) is 109 Å². The lowest BCUT2D eigenvalue weighted by Gasteiger charge is -2.30. The molecule has 25 nitrogen and oxygen atoms in total. The third-order valence-electron chi connectivity index (χ3n) is 8.81. The van der Waals surface area contributed by atoms with Crippen molar-refractivity contribution in [2.75, 3.05) is 37.8 Å². The lowest BCUT2D eigenvalue weighted by Crippen LogP contribution is -2.46. The van der Waals surface area contributed by atoms with Gasteiger partial charge in [0, 0.05) is 37.1 Å². The van der Waals surface area contributed by atoms with Gasteiger partial charge in [-0.1, -0.05) is 64.6 Å². The number of phosphoric ester groups is 3. The first-order chi connectivity index (χ1) is 27.9. The fourth-order valence-corrected chi connectivity index (χ4v) is 9.20. The van der Waals surface area contributed by atoms with Crippen LogP contribution >= 0.6 is 35.2 Å². The number of rotatable bonds is 27. The Morgan fingerprint density at radius 3 is 2.37 bits per heavy atom. The number of amides is 2. The van der Waals surface area contributed by atoms with E-state index in [9.17, 15) is 63.0 Å². The number of hydrogen-bond acceptors (Lipinski definition) is 19. The van der Waals surface area contributed by atoms with Gasteiger partial charge in [-0.25, -0.2) is 28.6 Å². The molecular weight excluding hydrogens is 883 g/mol. The number of carbonyl (C=O) groups is 3. The zero-order valence-electron chi connectivity index (χ0n) is 33.0. The number of carbonyl (C=O) groups excluding carboxylic acids is 3. The van der Waals surface area contributed by atoms with Crippen molar-refractivity contribution >= 4 is 69.1 Å². The second kappa shape index (κ2) is 23.3. The molecule has 11 N–H and O–H groups in total. The molecule has 0 saturated carbocycles. The van der Waals surface area contributed by atoms with E-state index in [2.05, 4.69) is 41.3 Å². The maximum absolute atomic E-state index is 12.7. The summed E-state index contributed by atoms with van der Waals surface area (Å²) in [7, 11) is -16.4. The van der Waals surface area contributed by atoms with Crippen LogP contribution in [0.1, 0.15) is 78.4 Å². The lowest BCUT2D eigenvalue weighted by atomic mass is 9.87. The van der Waals surface area contributed by atoms with Crippen LogP contribution in [0.3, 0.4) is 0 Å². The van der Waals surface area contributed by atoms with Crippen LogP contribution in [0, 0.1) is 5.41 Å². The van der Waals surface area contributed by atoms with Crippen LogP contribution in [0.2, 0.25) is 0 Å². The Labute approximate surface area is 348 Å². The van der Waals surface area contributed by atoms with E-state index < -0.39 is 90.7 Å². The summed E-state index contributed by atoms with van der Waals surface area (Å²) in [5.41, 5.74) is 4.25. The van der Waals surface area contributed by atoms with Crippen molar-refractivity contribution in [1.82, 2.24) is 30.2 Å². The minimum Gasteiger partial charge on any atom is -0.393 e. The normalized spacial score (nSPS) is 21.6. The molecule has 342 valence electrons. The number of hydrogen-bond donors (Lipinski definition) is 10. The number of aromatic nitrogens is 4. The van der Waals surface area contributed by atoms with Crippen molar-refractivity contribution in [2.24, 2.45) is 5.41 Å². The van der Waals surface area contributed by atoms with Crippen LogP contribution in [0.4, 0.5) is 5.82 Å². The molecule has 2 aromatic heterocycles. The van der Waals surface area contributed by atoms with Crippen LogP contribution in [0.15, 0.2) is 12.7 Å². The third-order valence-corrected chi connectivity index (χ3v) is 12.8. The first-order valence-corrected chi connectivity index (χ1v) is 24.2. The SMILES string of the molecule is CCCCCCCC(O)CC(=O)SCCNC(=O)CCNC(=O)[C@H](O)C(C)(C)COP(=O)(O)OP(=O)(O)OC[C@H]1O[C@H](n2cnc3c(N)ncnc32)[C@H](O)[C@@H]1OP(=O)(O)O. The minimum atomic E-state index is -5.58. The Kier molecular flexibility index (Phi) is 20.1. The summed E-state index contributed by atoms with van der Waals surface area (Å²) in [5.74, 6) is -1.23. The highest BCUT2D eigenvalue weighted by molar-refractivity contribution is 8.13. The van der Waals surface area contributed by atoms with E-state index in [0.717, 1.165) is 61.1 Å². The molecule has 0 spiro atoms. The number of nitrogens with two attached hydrogens (primary N) is 1. The number of aliphatic hydroxyl groups excluding tert-OH is 3. The fraction of sp³-hybridized carbons (Fsp3) is 0.742. The summed E-state index contributed by atoms with van der Waals surface area (Å²) in [6.07, 6.45) is -1.92. The number of phosphoric acid groups is 3. The van der Waals surface area contributed by atoms with Gasteiger partial charge in [0.2, 0.25) is 11.8 Å². The number of nitrogens with one attached hydrogen (secondary N) is 2. The van der Waals surface area contributed by atoms with Crippen molar-refractivity contribution in [3.8, 4) is 0 Å². The van der Waals surface area contributed by atoms with E-state index in [4.69, 9.17) is 19.5 Å². The Morgan fingerprint density at radius 2 is 1.68 bits per heavy atom. The number of nitrogens with zero attached hydrogens (tertiary/aromatic N) is 4. The second-order valence-electron chi connectivity index (χ2n) is 14.4. The van der Waals surface area contributed by atoms with Gasteiger partial charge < -0.3 is 56.0 Å². The topological polar surface area (TPSA) is 384 Å². The molecule has 2 amide bonds. The molecule has 3 rings (SSSR count). The molecule has 3 unspecified atom stereocenters. The lowest BCUT2D eigenvalue weighted by molar-refractivity contribution is -0.137. The summed E-state index contributed by atoms with van der Waals surface area (Å²) < 4.78 is 62.2. The van der Waals surface area contributed by atoms with E-state index in [1.165, 1.54) is 13.8 Å². The largest absolute Gasteiger partial charge is 0.481 e. The number of fused-ring (bicyclic) bond motifs is 1. The zero-order chi connectivity index (χ0) is 44.9. The van der Waals surface area contributed by atoms with Gasteiger partial charge in [-0.05, 0) is 6.42 Å². The van der Waals surface area contributed by atoms with E-state index in [-0.39, 0.29) is 53.8 Å². The smallest absolute Gasteiger partial charge is 0.393 e. The highest BCUT2D eigenvalue weighted by Crippen LogP contribution is 2.61. The van der Waals surface area contributed by atoms with Gasteiger partial charge in [0.25, 0.3) is 0 Å². The molecule has 0 radical (unpaired) electrons. The molecule has 1 saturated heterocycles. The van der Waals surface area contributed by atoms with E-state index in [0.29, 0.717) is 6.42 Å². The van der Waals surface area contributed by atoms with Crippen LogP contribution in [-0.4, -0.2) is 134 Å². The van der Waals surface area contributed by atoms with Gasteiger partial charge >= 0.3 is 23.5 Å². The highest BCUT2D eigenvalue weighted by Gasteiger charge is 2.50. The molecule has 3 heterocycles. The minimum absolute atomic E-state index is 0.0221. The number of unbranched alkanes of at least 4 members (excludes halogenated alkanes) is 4. The maximum Gasteiger partial charge on any atom is 0.481 e. The molecule has 8 atom stereocenters. The van der Waals surface area contributed by atoms with Crippen LogP contribution in [0.25, 0.3) is 11.2 Å². The van der Waals surface area contributed by atoms with Crippen LogP contribution in [-0.2, 0) is 50.7 Å². The van der Waals surface area contributed by atoms with Crippen molar-refractivity contribution in [3.05, 3.63) is 12.7 Å². The van der Waals surface area contributed by atoms with Crippen molar-refractivity contribution in [1.29, 1.82) is 0 Å². The Bertz CT molecular complexity index is 1890. The molecular formula is C31H54N7O18P3S. The molecule has 2 aromatic rings. The van der Waals surface area contributed by atoms with Gasteiger partial charge in [0.15, 0.2) is 22.8 Å². The Morgan fingerprint density at radius 1 is 1.00 bits per heavy atom. The fourth-order valence-electron chi connectivity index (χ4n) is 5.63. The molecule has 1 fully saturated rings. The van der Waals surface area contributed by atoms with E-state index >= 15 is 0 Å². The second-order valence-corrected chi connectivity index (χ2v) is 19.7. The van der Waals surface area contributed by atoms with Crippen LogP contribution in [0.5, 0.6) is 0 Å². The molecule has 60 heavy (non-hydrogen) atoms. The molecule has 0 bridgehead atoms. The van der Waals surface area contributed by atoms with E-state index in [1.54, 1.807) is 0 Å². The summed E-state index contributed by atoms with van der Waals surface area (Å²) in [4.78, 5) is 87.9. The average molecular weight is 938 g/mol. The first-order valence-electron chi connectivity index (χ1n) is 18.7. The standard InChI is InChI=1S/C31H54N7O18P3S/c1-4-5-6-7-8-9-19(39)14-22(41)60-13-12-33-21(40)10-11-34-29(44)26(43)31(2,3)16-53-59(50,51)56-58(48,49)52-15-20-25(55-57(45,46)47)24(42)30(54-20)38-18-37-23-27(32)35-17-36-28(23)38/h17-20,24-26,30,39,42-43H,4-16H2,1-3H3,(H,33,40)(H,34,44)(H,48,49)(H,50,51)(H2,32,35,36)(H2,45,46,47)/t19?,20-,24-,25-,26+,30+/m1/s1.